The van der Waals surface area contributed by atoms with E-state index in [4.69, 9.17) is 9.84 Å². The highest BCUT2D eigenvalue weighted by Gasteiger charge is 2.10. The highest BCUT2D eigenvalue weighted by atomic mass is 16.5. The molecule has 0 aromatic carbocycles. The maximum atomic E-state index is 11.5. The molecule has 0 spiro atoms. The van der Waals surface area contributed by atoms with Crippen LogP contribution >= 0.6 is 0 Å². The van der Waals surface area contributed by atoms with E-state index in [1.165, 1.54) is 0 Å². The molecule has 100 valence electrons. The number of carbonyl (C=O) groups excluding carboxylic acids is 1. The van der Waals surface area contributed by atoms with Gasteiger partial charge in [0.25, 0.3) is 0 Å². The first-order chi connectivity index (χ1) is 8.10. The number of ether oxygens (including phenoxy) is 1. The van der Waals surface area contributed by atoms with Crippen molar-refractivity contribution in [2.75, 3.05) is 13.7 Å². The fourth-order valence-corrected chi connectivity index (χ4v) is 1.61. The van der Waals surface area contributed by atoms with Crippen LogP contribution in [0.2, 0.25) is 0 Å². The molecule has 0 bridgehead atoms. The molecule has 0 heterocycles. The van der Waals surface area contributed by atoms with Crippen molar-refractivity contribution in [3.8, 4) is 0 Å². The van der Waals surface area contributed by atoms with Crippen molar-refractivity contribution < 1.29 is 19.4 Å². The number of unbranched alkanes of at least 4 members (excludes halogenated alkanes) is 1. The number of hydrogen-bond acceptors (Lipinski definition) is 3. The molecule has 0 aliphatic carbocycles. The average molecular weight is 245 g/mol. The molecule has 0 aliphatic rings. The summed E-state index contributed by atoms with van der Waals surface area (Å²) >= 11 is 0. The molecule has 5 nitrogen and oxygen atoms in total. The highest BCUT2D eigenvalue weighted by molar-refractivity contribution is 5.76. The van der Waals surface area contributed by atoms with E-state index in [2.05, 4.69) is 12.2 Å². The van der Waals surface area contributed by atoms with Crippen molar-refractivity contribution in [2.45, 2.75) is 51.5 Å². The van der Waals surface area contributed by atoms with Gasteiger partial charge < -0.3 is 15.2 Å². The molecule has 0 fully saturated rings. The second kappa shape index (κ2) is 10.1. The maximum Gasteiger partial charge on any atom is 0.303 e. The predicted octanol–water partition coefficient (Wildman–Crippen LogP) is 1.56. The smallest absolute Gasteiger partial charge is 0.303 e. The normalized spacial score (nSPS) is 12.1. The summed E-state index contributed by atoms with van der Waals surface area (Å²) < 4.78 is 5.02. The Hall–Kier alpha value is -1.10. The summed E-state index contributed by atoms with van der Waals surface area (Å²) in [6, 6.07) is 0.0666. The number of carbonyl (C=O) groups is 2. The Morgan fingerprint density at radius 1 is 1.29 bits per heavy atom. The van der Waals surface area contributed by atoms with Gasteiger partial charge in [-0.1, -0.05) is 13.3 Å². The van der Waals surface area contributed by atoms with Gasteiger partial charge in [0.05, 0.1) is 12.6 Å². The van der Waals surface area contributed by atoms with Crippen LogP contribution in [-0.2, 0) is 14.3 Å². The SMILES string of the molecule is CCCC(COC)NC(=O)CCCCC(=O)O. The lowest BCUT2D eigenvalue weighted by atomic mass is 10.1. The Kier molecular flexibility index (Phi) is 9.43. The molecule has 0 rings (SSSR count). The first-order valence-electron chi connectivity index (χ1n) is 6.10. The van der Waals surface area contributed by atoms with Crippen LogP contribution in [0.25, 0.3) is 0 Å². The zero-order valence-corrected chi connectivity index (χ0v) is 10.7. The summed E-state index contributed by atoms with van der Waals surface area (Å²) in [6.45, 7) is 2.58. The first kappa shape index (κ1) is 15.9. The number of aliphatic carboxylic acids is 1. The quantitative estimate of drug-likeness (QED) is 0.573. The van der Waals surface area contributed by atoms with Gasteiger partial charge in [0, 0.05) is 20.0 Å². The number of rotatable bonds is 10. The molecule has 0 aromatic heterocycles. The summed E-state index contributed by atoms with van der Waals surface area (Å²) in [4.78, 5) is 21.8. The van der Waals surface area contributed by atoms with Gasteiger partial charge in [-0.05, 0) is 19.3 Å². The minimum atomic E-state index is -0.811. The van der Waals surface area contributed by atoms with Crippen LogP contribution in [0.3, 0.4) is 0 Å². The number of carboxylic acid groups (broad SMARTS) is 1. The van der Waals surface area contributed by atoms with Gasteiger partial charge in [0.1, 0.15) is 0 Å². The molecule has 0 radical (unpaired) electrons. The lowest BCUT2D eigenvalue weighted by Gasteiger charge is -2.16. The topological polar surface area (TPSA) is 75.6 Å². The molecule has 17 heavy (non-hydrogen) atoms. The van der Waals surface area contributed by atoms with E-state index in [-0.39, 0.29) is 18.4 Å². The van der Waals surface area contributed by atoms with E-state index >= 15 is 0 Å². The lowest BCUT2D eigenvalue weighted by molar-refractivity contribution is -0.137. The summed E-state index contributed by atoms with van der Waals surface area (Å²) in [5.74, 6) is -0.834. The van der Waals surface area contributed by atoms with Crippen molar-refractivity contribution >= 4 is 11.9 Å². The zero-order chi connectivity index (χ0) is 13.1. The largest absolute Gasteiger partial charge is 0.481 e. The van der Waals surface area contributed by atoms with Crippen molar-refractivity contribution in [3.05, 3.63) is 0 Å². The molecule has 0 saturated carbocycles. The molecule has 0 saturated heterocycles. The van der Waals surface area contributed by atoms with Crippen molar-refractivity contribution in [1.82, 2.24) is 5.32 Å². The summed E-state index contributed by atoms with van der Waals surface area (Å²) in [7, 11) is 1.61. The van der Waals surface area contributed by atoms with E-state index < -0.39 is 5.97 Å². The van der Waals surface area contributed by atoms with Crippen LogP contribution in [0.15, 0.2) is 0 Å². The predicted molar refractivity (Wildman–Crippen MR) is 64.8 cm³/mol. The highest BCUT2D eigenvalue weighted by Crippen LogP contribution is 2.02. The molecular formula is C12H23NO4. The number of hydrogen-bond donors (Lipinski definition) is 2. The van der Waals surface area contributed by atoms with E-state index in [1.54, 1.807) is 7.11 Å². The maximum absolute atomic E-state index is 11.5. The molecule has 0 aliphatic heterocycles. The third kappa shape index (κ3) is 9.81. The minimum Gasteiger partial charge on any atom is -0.481 e. The van der Waals surface area contributed by atoms with Crippen LogP contribution in [0.5, 0.6) is 0 Å². The number of amides is 1. The van der Waals surface area contributed by atoms with Crippen LogP contribution in [0.1, 0.15) is 45.4 Å². The average Bonchev–Trinajstić information content (AvgIpc) is 2.25. The van der Waals surface area contributed by atoms with Gasteiger partial charge in [-0.2, -0.15) is 0 Å². The third-order valence-corrected chi connectivity index (χ3v) is 2.41. The summed E-state index contributed by atoms with van der Waals surface area (Å²) in [6.07, 6.45) is 3.57. The van der Waals surface area contributed by atoms with Crippen molar-refractivity contribution in [1.29, 1.82) is 0 Å². The van der Waals surface area contributed by atoms with Gasteiger partial charge in [-0.3, -0.25) is 9.59 Å². The number of nitrogens with one attached hydrogen (secondary N) is 1. The Morgan fingerprint density at radius 3 is 2.47 bits per heavy atom. The van der Waals surface area contributed by atoms with Crippen LogP contribution in [-0.4, -0.2) is 36.7 Å². The van der Waals surface area contributed by atoms with Crippen molar-refractivity contribution in [3.63, 3.8) is 0 Å². The Labute approximate surface area is 103 Å². The Bertz CT molecular complexity index is 225. The van der Waals surface area contributed by atoms with E-state index in [9.17, 15) is 9.59 Å². The Morgan fingerprint density at radius 2 is 1.94 bits per heavy atom. The first-order valence-corrected chi connectivity index (χ1v) is 6.10. The fourth-order valence-electron chi connectivity index (χ4n) is 1.61. The van der Waals surface area contributed by atoms with E-state index in [0.29, 0.717) is 25.9 Å². The van der Waals surface area contributed by atoms with Gasteiger partial charge in [-0.25, -0.2) is 0 Å². The fraction of sp³-hybridized carbons (Fsp3) is 0.833. The van der Waals surface area contributed by atoms with Gasteiger partial charge in [0.2, 0.25) is 5.91 Å². The molecule has 2 N–H and O–H groups in total. The van der Waals surface area contributed by atoms with Crippen molar-refractivity contribution in [2.24, 2.45) is 0 Å². The van der Waals surface area contributed by atoms with Crippen LogP contribution in [0.4, 0.5) is 0 Å². The second-order valence-electron chi connectivity index (χ2n) is 4.11. The minimum absolute atomic E-state index is 0.0223. The molecule has 1 amide bonds. The molecular weight excluding hydrogens is 222 g/mol. The summed E-state index contributed by atoms with van der Waals surface area (Å²) in [5, 5.41) is 11.3. The van der Waals surface area contributed by atoms with Gasteiger partial charge in [-0.15, -0.1) is 0 Å². The lowest BCUT2D eigenvalue weighted by Crippen LogP contribution is -2.37. The van der Waals surface area contributed by atoms with Crippen LogP contribution in [0, 0.1) is 0 Å². The molecule has 0 aromatic rings. The number of carboxylic acids is 1. The number of methoxy groups -OCH3 is 1. The monoisotopic (exact) mass is 245 g/mol. The molecule has 1 unspecified atom stereocenters. The molecule has 1 atom stereocenters. The standard InChI is InChI=1S/C12H23NO4/c1-3-6-10(9-17-2)13-11(14)7-4-5-8-12(15)16/h10H,3-9H2,1-2H3,(H,13,14)(H,15,16). The van der Waals surface area contributed by atoms with Gasteiger partial charge >= 0.3 is 5.97 Å². The van der Waals surface area contributed by atoms with Gasteiger partial charge in [0.15, 0.2) is 0 Å². The van der Waals surface area contributed by atoms with E-state index in [0.717, 1.165) is 12.8 Å². The summed E-state index contributed by atoms with van der Waals surface area (Å²) in [5.41, 5.74) is 0. The second-order valence-corrected chi connectivity index (χ2v) is 4.11. The zero-order valence-electron chi connectivity index (χ0n) is 10.7. The van der Waals surface area contributed by atoms with E-state index in [1.807, 2.05) is 0 Å². The van der Waals surface area contributed by atoms with Crippen LogP contribution < -0.4 is 5.32 Å². The third-order valence-electron chi connectivity index (χ3n) is 2.41. The Balaban J connectivity index is 3.70. The molecule has 5 heteroatoms.